The molecule has 4 bridgehead atoms. The second kappa shape index (κ2) is 8.47. The number of halogens is 1. The van der Waals surface area contributed by atoms with Crippen LogP contribution >= 0.6 is 0 Å². The Kier molecular flexibility index (Phi) is 5.63. The molecule has 0 radical (unpaired) electrons. The second-order valence-corrected chi connectivity index (χ2v) is 10.6. The Morgan fingerprint density at radius 3 is 2.15 bits per heavy atom. The molecular formula is C27H32FN3O2. The van der Waals surface area contributed by atoms with Gasteiger partial charge >= 0.3 is 0 Å². The zero-order chi connectivity index (χ0) is 23.2. The molecule has 5 nitrogen and oxygen atoms in total. The van der Waals surface area contributed by atoms with E-state index in [1.54, 1.807) is 18.2 Å². The van der Waals surface area contributed by atoms with E-state index in [0.717, 1.165) is 30.5 Å². The first-order chi connectivity index (χ1) is 15.8. The van der Waals surface area contributed by atoms with Crippen LogP contribution in [0.4, 0.5) is 15.8 Å². The minimum absolute atomic E-state index is 0.122. The van der Waals surface area contributed by atoms with Crippen molar-refractivity contribution in [1.29, 1.82) is 0 Å². The number of carbonyl (C=O) groups excluding carboxylic acids is 2. The van der Waals surface area contributed by atoms with Crippen molar-refractivity contribution in [3.63, 3.8) is 0 Å². The van der Waals surface area contributed by atoms with E-state index in [2.05, 4.69) is 10.6 Å². The Labute approximate surface area is 194 Å². The molecule has 33 heavy (non-hydrogen) atoms. The molecule has 4 fully saturated rings. The lowest BCUT2D eigenvalue weighted by Crippen LogP contribution is -2.51. The lowest BCUT2D eigenvalue weighted by Gasteiger charge is -2.55. The van der Waals surface area contributed by atoms with Crippen molar-refractivity contribution >= 4 is 23.2 Å². The van der Waals surface area contributed by atoms with E-state index in [-0.39, 0.29) is 23.0 Å². The standard InChI is InChI=1S/C27H32FN3O2/c1-31(2)24-8-7-22(12-23(24)25(32)29-16-17-3-5-21(28)6-4-17)30-26(33)27-13-18-9-19(14-27)11-20(10-18)15-27/h3-8,12,18-20H,9-11,13-16H2,1-2H3,(H,29,32)(H,30,33). The molecule has 2 aromatic carbocycles. The third-order valence-electron chi connectivity index (χ3n) is 7.87. The molecule has 0 atom stereocenters. The highest BCUT2D eigenvalue weighted by molar-refractivity contribution is 6.02. The van der Waals surface area contributed by atoms with E-state index in [9.17, 15) is 14.0 Å². The Hall–Kier alpha value is -2.89. The van der Waals surface area contributed by atoms with E-state index in [1.165, 1.54) is 31.4 Å². The van der Waals surface area contributed by atoms with Gasteiger partial charge in [-0.2, -0.15) is 0 Å². The molecule has 0 saturated heterocycles. The molecule has 4 aliphatic rings. The van der Waals surface area contributed by atoms with Crippen LogP contribution in [0.5, 0.6) is 0 Å². The highest BCUT2D eigenvalue weighted by atomic mass is 19.1. The van der Waals surface area contributed by atoms with Gasteiger partial charge in [0, 0.05) is 32.0 Å². The fourth-order valence-corrected chi connectivity index (χ4v) is 6.72. The first-order valence-corrected chi connectivity index (χ1v) is 12.0. The maximum atomic E-state index is 13.5. The normalized spacial score (nSPS) is 27.3. The van der Waals surface area contributed by atoms with Gasteiger partial charge in [-0.05, 0) is 92.2 Å². The molecule has 2 amide bonds. The van der Waals surface area contributed by atoms with Crippen molar-refractivity contribution in [2.75, 3.05) is 24.3 Å². The van der Waals surface area contributed by atoms with Gasteiger partial charge in [0.05, 0.1) is 11.0 Å². The Bertz CT molecular complexity index is 1030. The fourth-order valence-electron chi connectivity index (χ4n) is 6.72. The van der Waals surface area contributed by atoms with Crippen LogP contribution in [-0.4, -0.2) is 25.9 Å². The number of hydrogen-bond donors (Lipinski definition) is 2. The molecule has 4 saturated carbocycles. The third kappa shape index (κ3) is 4.35. The smallest absolute Gasteiger partial charge is 0.253 e. The van der Waals surface area contributed by atoms with Crippen molar-refractivity contribution < 1.29 is 14.0 Å². The highest BCUT2D eigenvalue weighted by Gasteiger charge is 2.54. The number of rotatable bonds is 6. The summed E-state index contributed by atoms with van der Waals surface area (Å²) in [5, 5.41) is 6.08. The minimum Gasteiger partial charge on any atom is -0.377 e. The van der Waals surface area contributed by atoms with Gasteiger partial charge in [-0.15, -0.1) is 0 Å². The molecule has 0 aliphatic heterocycles. The molecule has 6 rings (SSSR count). The summed E-state index contributed by atoms with van der Waals surface area (Å²) in [7, 11) is 3.78. The number of carbonyl (C=O) groups is 2. The molecular weight excluding hydrogens is 417 g/mol. The summed E-state index contributed by atoms with van der Waals surface area (Å²) in [4.78, 5) is 28.4. The molecule has 2 aromatic rings. The van der Waals surface area contributed by atoms with E-state index in [0.29, 0.717) is 35.5 Å². The summed E-state index contributed by atoms with van der Waals surface area (Å²) in [6.45, 7) is 0.301. The summed E-state index contributed by atoms with van der Waals surface area (Å²) >= 11 is 0. The number of nitrogens with one attached hydrogen (secondary N) is 2. The molecule has 0 heterocycles. The summed E-state index contributed by atoms with van der Waals surface area (Å²) in [5.41, 5.74) is 2.53. The third-order valence-corrected chi connectivity index (χ3v) is 7.87. The van der Waals surface area contributed by atoms with Crippen LogP contribution in [0.2, 0.25) is 0 Å². The van der Waals surface area contributed by atoms with Crippen LogP contribution in [0.1, 0.15) is 54.4 Å². The highest BCUT2D eigenvalue weighted by Crippen LogP contribution is 2.60. The summed E-state index contributed by atoms with van der Waals surface area (Å²) < 4.78 is 13.1. The van der Waals surface area contributed by atoms with E-state index >= 15 is 0 Å². The van der Waals surface area contributed by atoms with Gasteiger partial charge in [0.25, 0.3) is 5.91 Å². The summed E-state index contributed by atoms with van der Waals surface area (Å²) in [6, 6.07) is 11.6. The predicted octanol–water partition coefficient (Wildman–Crippen LogP) is 4.98. The lowest BCUT2D eigenvalue weighted by molar-refractivity contribution is -0.140. The first kappa shape index (κ1) is 21.9. The van der Waals surface area contributed by atoms with Crippen LogP contribution in [0.25, 0.3) is 0 Å². The van der Waals surface area contributed by atoms with Gasteiger partial charge in [0.1, 0.15) is 5.82 Å². The van der Waals surface area contributed by atoms with Gasteiger partial charge in [0.15, 0.2) is 0 Å². The number of anilines is 2. The zero-order valence-electron chi connectivity index (χ0n) is 19.4. The van der Waals surface area contributed by atoms with Gasteiger partial charge in [-0.1, -0.05) is 12.1 Å². The topological polar surface area (TPSA) is 61.4 Å². The largest absolute Gasteiger partial charge is 0.377 e. The second-order valence-electron chi connectivity index (χ2n) is 10.6. The Morgan fingerprint density at radius 1 is 0.970 bits per heavy atom. The summed E-state index contributed by atoms with van der Waals surface area (Å²) in [5.74, 6) is 1.69. The first-order valence-electron chi connectivity index (χ1n) is 12.0. The lowest BCUT2D eigenvalue weighted by atomic mass is 9.49. The van der Waals surface area contributed by atoms with Crippen LogP contribution in [-0.2, 0) is 11.3 Å². The van der Waals surface area contributed by atoms with Crippen LogP contribution in [0, 0.1) is 29.0 Å². The Balaban J connectivity index is 1.32. The van der Waals surface area contributed by atoms with E-state index in [1.807, 2.05) is 31.1 Å². The Morgan fingerprint density at radius 2 is 1.58 bits per heavy atom. The predicted molar refractivity (Wildman–Crippen MR) is 128 cm³/mol. The van der Waals surface area contributed by atoms with Crippen molar-refractivity contribution in [3.05, 3.63) is 59.4 Å². The van der Waals surface area contributed by atoms with Crippen molar-refractivity contribution in [1.82, 2.24) is 5.32 Å². The van der Waals surface area contributed by atoms with Crippen LogP contribution in [0.3, 0.4) is 0 Å². The molecule has 6 heteroatoms. The van der Waals surface area contributed by atoms with Crippen molar-refractivity contribution in [2.24, 2.45) is 23.2 Å². The number of amides is 2. The average molecular weight is 450 g/mol. The summed E-state index contributed by atoms with van der Waals surface area (Å²) in [6.07, 6.45) is 6.90. The average Bonchev–Trinajstić information content (AvgIpc) is 2.77. The van der Waals surface area contributed by atoms with Gasteiger partial charge in [0.2, 0.25) is 5.91 Å². The van der Waals surface area contributed by atoms with Crippen molar-refractivity contribution in [2.45, 2.75) is 45.1 Å². The number of benzene rings is 2. The van der Waals surface area contributed by atoms with Gasteiger partial charge in [-0.25, -0.2) is 4.39 Å². The van der Waals surface area contributed by atoms with Gasteiger partial charge in [-0.3, -0.25) is 9.59 Å². The molecule has 174 valence electrons. The zero-order valence-corrected chi connectivity index (χ0v) is 19.4. The van der Waals surface area contributed by atoms with Crippen molar-refractivity contribution in [3.8, 4) is 0 Å². The van der Waals surface area contributed by atoms with E-state index in [4.69, 9.17) is 0 Å². The molecule has 2 N–H and O–H groups in total. The maximum Gasteiger partial charge on any atom is 0.253 e. The van der Waals surface area contributed by atoms with Crippen LogP contribution < -0.4 is 15.5 Å². The minimum atomic E-state index is -0.303. The molecule has 4 aliphatic carbocycles. The van der Waals surface area contributed by atoms with Crippen LogP contribution in [0.15, 0.2) is 42.5 Å². The number of nitrogens with zero attached hydrogens (tertiary/aromatic N) is 1. The van der Waals surface area contributed by atoms with Gasteiger partial charge < -0.3 is 15.5 Å². The van der Waals surface area contributed by atoms with E-state index < -0.39 is 0 Å². The molecule has 0 aromatic heterocycles. The fraction of sp³-hybridized carbons (Fsp3) is 0.481. The quantitative estimate of drug-likeness (QED) is 0.654. The monoisotopic (exact) mass is 449 g/mol. The number of hydrogen-bond acceptors (Lipinski definition) is 3. The molecule has 0 spiro atoms. The SMILES string of the molecule is CN(C)c1ccc(NC(=O)C23CC4CC(CC(C4)C2)C3)cc1C(=O)NCc1ccc(F)cc1. The maximum absolute atomic E-state index is 13.5. The molecule has 0 unspecified atom stereocenters.